The Kier molecular flexibility index (Phi) is 6.85. The first-order valence-electron chi connectivity index (χ1n) is 11.8. The topological polar surface area (TPSA) is 102 Å². The Labute approximate surface area is 208 Å². The Bertz CT molecular complexity index is 1290. The number of rotatable bonds is 8. The number of hydrogen-bond donors (Lipinski definition) is 0. The molecule has 0 aliphatic carbocycles. The monoisotopic (exact) mass is 485 g/mol. The molecule has 184 valence electrons. The van der Waals surface area contributed by atoms with E-state index < -0.39 is 0 Å². The zero-order valence-electron chi connectivity index (χ0n) is 20.0. The van der Waals surface area contributed by atoms with Crippen LogP contribution in [0.4, 0.5) is 11.4 Å². The molecule has 1 aliphatic heterocycles. The number of aromatic nitrogens is 4. The number of non-ortho nitro benzene ring substituents is 1. The molecule has 2 heterocycles. The predicted molar refractivity (Wildman–Crippen MR) is 135 cm³/mol. The maximum absolute atomic E-state index is 11.0. The molecule has 5 rings (SSSR count). The summed E-state index contributed by atoms with van der Waals surface area (Å²) in [7, 11) is 1.65. The van der Waals surface area contributed by atoms with E-state index in [-0.39, 0.29) is 16.7 Å². The molecule has 10 nitrogen and oxygen atoms in total. The Morgan fingerprint density at radius 1 is 0.944 bits per heavy atom. The van der Waals surface area contributed by atoms with E-state index in [0.29, 0.717) is 6.54 Å². The molecule has 1 saturated heterocycles. The maximum Gasteiger partial charge on any atom is 0.269 e. The van der Waals surface area contributed by atoms with Gasteiger partial charge in [0.1, 0.15) is 5.75 Å². The fourth-order valence-corrected chi connectivity index (χ4v) is 4.61. The molecule has 0 amide bonds. The lowest BCUT2D eigenvalue weighted by Crippen LogP contribution is -2.48. The summed E-state index contributed by atoms with van der Waals surface area (Å²) in [5.41, 5.74) is 3.30. The number of piperazine rings is 1. The van der Waals surface area contributed by atoms with Gasteiger partial charge in [0.05, 0.1) is 24.6 Å². The molecule has 0 saturated carbocycles. The normalized spacial score (nSPS) is 15.0. The van der Waals surface area contributed by atoms with Crippen LogP contribution in [-0.2, 0) is 6.54 Å². The number of nitrogens with zero attached hydrogens (tertiary/aromatic N) is 7. The molecule has 4 aromatic rings. The van der Waals surface area contributed by atoms with E-state index in [1.165, 1.54) is 0 Å². The summed E-state index contributed by atoms with van der Waals surface area (Å²) < 4.78 is 7.14. The van der Waals surface area contributed by atoms with E-state index in [1.807, 2.05) is 59.3 Å². The van der Waals surface area contributed by atoms with Crippen molar-refractivity contribution < 1.29 is 9.66 Å². The highest BCUT2D eigenvalue weighted by molar-refractivity contribution is 5.51. The molecule has 1 atom stereocenters. The van der Waals surface area contributed by atoms with Crippen molar-refractivity contribution in [3.8, 4) is 5.75 Å². The lowest BCUT2D eigenvalue weighted by molar-refractivity contribution is -0.384. The van der Waals surface area contributed by atoms with Crippen molar-refractivity contribution in [1.82, 2.24) is 25.1 Å². The number of tetrazole rings is 1. The standard InChI is InChI=1S/C26H27N7O3/c1-36-24-13-7-20(8-14-24)19-32-26(27-28-29-32)25(21-5-3-2-4-6-21)31-17-15-30(16-18-31)22-9-11-23(12-10-22)33(34)35/h2-14,25H,15-19H2,1H3/t25-/m0/s1. The first-order valence-corrected chi connectivity index (χ1v) is 11.8. The minimum absolute atomic E-state index is 0.0986. The minimum atomic E-state index is -0.373. The summed E-state index contributed by atoms with van der Waals surface area (Å²) in [5, 5.41) is 23.8. The van der Waals surface area contributed by atoms with Crippen molar-refractivity contribution in [2.45, 2.75) is 12.6 Å². The highest BCUT2D eigenvalue weighted by Gasteiger charge is 2.30. The van der Waals surface area contributed by atoms with Gasteiger partial charge in [0.25, 0.3) is 5.69 Å². The summed E-state index contributed by atoms with van der Waals surface area (Å²) in [4.78, 5) is 15.3. The van der Waals surface area contributed by atoms with Gasteiger partial charge in [-0.2, -0.15) is 0 Å². The molecule has 0 N–H and O–H groups in total. The van der Waals surface area contributed by atoms with Gasteiger partial charge in [-0.25, -0.2) is 4.68 Å². The van der Waals surface area contributed by atoms with Crippen LogP contribution in [0, 0.1) is 10.1 Å². The second-order valence-corrected chi connectivity index (χ2v) is 8.65. The summed E-state index contributed by atoms with van der Waals surface area (Å²) in [6.45, 7) is 3.73. The molecule has 1 aliphatic rings. The number of methoxy groups -OCH3 is 1. The molecular weight excluding hydrogens is 458 g/mol. The Hall–Kier alpha value is -4.31. The van der Waals surface area contributed by atoms with Crippen LogP contribution < -0.4 is 9.64 Å². The van der Waals surface area contributed by atoms with Gasteiger partial charge in [0.15, 0.2) is 5.82 Å². The largest absolute Gasteiger partial charge is 0.497 e. The van der Waals surface area contributed by atoms with Crippen molar-refractivity contribution in [2.75, 3.05) is 38.2 Å². The smallest absolute Gasteiger partial charge is 0.269 e. The molecule has 0 radical (unpaired) electrons. The van der Waals surface area contributed by atoms with Crippen LogP contribution in [0.5, 0.6) is 5.75 Å². The minimum Gasteiger partial charge on any atom is -0.497 e. The lowest BCUT2D eigenvalue weighted by Gasteiger charge is -2.39. The average Bonchev–Trinajstić information content (AvgIpc) is 3.38. The van der Waals surface area contributed by atoms with Crippen LogP contribution in [-0.4, -0.2) is 63.3 Å². The van der Waals surface area contributed by atoms with Gasteiger partial charge in [-0.15, -0.1) is 5.10 Å². The summed E-state index contributed by atoms with van der Waals surface area (Å²) in [6.07, 6.45) is 0. The molecule has 0 spiro atoms. The molecule has 10 heteroatoms. The fourth-order valence-electron chi connectivity index (χ4n) is 4.61. The van der Waals surface area contributed by atoms with Crippen molar-refractivity contribution in [3.05, 3.63) is 106 Å². The zero-order chi connectivity index (χ0) is 24.9. The van der Waals surface area contributed by atoms with Crippen molar-refractivity contribution in [1.29, 1.82) is 0 Å². The van der Waals surface area contributed by atoms with Crippen molar-refractivity contribution in [2.24, 2.45) is 0 Å². The summed E-state index contributed by atoms with van der Waals surface area (Å²) in [5.74, 6) is 1.60. The Morgan fingerprint density at radius 2 is 1.64 bits per heavy atom. The van der Waals surface area contributed by atoms with Gasteiger partial charge >= 0.3 is 0 Å². The van der Waals surface area contributed by atoms with Crippen molar-refractivity contribution in [3.63, 3.8) is 0 Å². The van der Waals surface area contributed by atoms with Crippen LogP contribution in [0.3, 0.4) is 0 Å². The van der Waals surface area contributed by atoms with E-state index in [9.17, 15) is 10.1 Å². The third kappa shape index (κ3) is 5.03. The fraction of sp³-hybridized carbons (Fsp3) is 0.269. The first kappa shape index (κ1) is 23.4. The number of anilines is 1. The van der Waals surface area contributed by atoms with E-state index >= 15 is 0 Å². The Morgan fingerprint density at radius 3 is 2.28 bits per heavy atom. The molecule has 3 aromatic carbocycles. The van der Waals surface area contributed by atoms with E-state index in [4.69, 9.17) is 4.74 Å². The number of nitro groups is 1. The van der Waals surface area contributed by atoms with E-state index in [2.05, 4.69) is 37.5 Å². The summed E-state index contributed by atoms with van der Waals surface area (Å²) in [6, 6.07) is 24.9. The van der Waals surface area contributed by atoms with Crippen molar-refractivity contribution >= 4 is 11.4 Å². The number of benzene rings is 3. The lowest BCUT2D eigenvalue weighted by atomic mass is 10.0. The number of ether oxygens (including phenoxy) is 1. The molecule has 36 heavy (non-hydrogen) atoms. The van der Waals surface area contributed by atoms with Gasteiger partial charge in [-0.05, 0) is 45.8 Å². The van der Waals surface area contributed by atoms with Crippen LogP contribution in [0.25, 0.3) is 0 Å². The third-order valence-corrected chi connectivity index (χ3v) is 6.52. The molecular formula is C26H27N7O3. The number of nitro benzene ring substituents is 1. The quantitative estimate of drug-likeness (QED) is 0.276. The number of hydrogen-bond acceptors (Lipinski definition) is 8. The highest BCUT2D eigenvalue weighted by atomic mass is 16.6. The third-order valence-electron chi connectivity index (χ3n) is 6.52. The highest BCUT2D eigenvalue weighted by Crippen LogP contribution is 2.30. The van der Waals surface area contributed by atoms with Crippen LogP contribution in [0.1, 0.15) is 23.0 Å². The maximum atomic E-state index is 11.0. The molecule has 0 bridgehead atoms. The van der Waals surface area contributed by atoms with E-state index in [1.54, 1.807) is 19.2 Å². The van der Waals surface area contributed by atoms with Gasteiger partial charge in [0, 0.05) is 44.0 Å². The average molecular weight is 486 g/mol. The molecule has 1 fully saturated rings. The second kappa shape index (κ2) is 10.5. The second-order valence-electron chi connectivity index (χ2n) is 8.65. The van der Waals surface area contributed by atoms with Crippen LogP contribution in [0.15, 0.2) is 78.9 Å². The van der Waals surface area contributed by atoms with Gasteiger partial charge in [-0.1, -0.05) is 42.5 Å². The predicted octanol–water partition coefficient (Wildman–Crippen LogP) is 3.55. The van der Waals surface area contributed by atoms with Gasteiger partial charge in [-0.3, -0.25) is 15.0 Å². The first-order chi connectivity index (χ1) is 17.6. The van der Waals surface area contributed by atoms with E-state index in [0.717, 1.165) is 54.6 Å². The summed E-state index contributed by atoms with van der Waals surface area (Å²) >= 11 is 0. The molecule has 0 unspecified atom stereocenters. The van der Waals surface area contributed by atoms with Gasteiger partial charge in [0.2, 0.25) is 0 Å². The van der Waals surface area contributed by atoms with Gasteiger partial charge < -0.3 is 9.64 Å². The Balaban J connectivity index is 1.36. The van der Waals surface area contributed by atoms with Crippen LogP contribution >= 0.6 is 0 Å². The SMILES string of the molecule is COc1ccc(Cn2nnnc2[C@H](c2ccccc2)N2CCN(c3ccc([N+](=O)[O-])cc3)CC2)cc1. The van der Waals surface area contributed by atoms with Crippen LogP contribution in [0.2, 0.25) is 0 Å². The zero-order valence-corrected chi connectivity index (χ0v) is 20.0. The molecule has 1 aromatic heterocycles.